The van der Waals surface area contributed by atoms with Crippen LogP contribution in [0.5, 0.6) is 0 Å². The Morgan fingerprint density at radius 1 is 1.12 bits per heavy atom. The number of nitrogens with one attached hydrogen (secondary N) is 2. The first-order valence-corrected chi connectivity index (χ1v) is 7.84. The first-order chi connectivity index (χ1) is 11.4. The van der Waals surface area contributed by atoms with Crippen molar-refractivity contribution in [3.8, 4) is 0 Å². The Hall–Kier alpha value is -2.48. The molecule has 24 heavy (non-hydrogen) atoms. The maximum absolute atomic E-state index is 11.9. The van der Waals surface area contributed by atoms with Gasteiger partial charge in [0.05, 0.1) is 6.42 Å². The van der Waals surface area contributed by atoms with Crippen molar-refractivity contribution >= 4 is 39.6 Å². The van der Waals surface area contributed by atoms with Crippen LogP contribution in [-0.4, -0.2) is 36.8 Å². The molecule has 0 aliphatic heterocycles. The van der Waals surface area contributed by atoms with E-state index in [0.29, 0.717) is 5.56 Å². The molecule has 0 heterocycles. The molecule has 1 aromatic rings. The van der Waals surface area contributed by atoms with Crippen LogP contribution in [0.3, 0.4) is 0 Å². The maximum atomic E-state index is 11.9. The zero-order valence-electron chi connectivity index (χ0n) is 12.8. The summed E-state index contributed by atoms with van der Waals surface area (Å²) in [7, 11) is 0. The van der Waals surface area contributed by atoms with Crippen LogP contribution in [0.15, 0.2) is 41.4 Å². The summed E-state index contributed by atoms with van der Waals surface area (Å²) in [5.41, 5.74) is 0.489. The molecule has 7 nitrogen and oxygen atoms in total. The van der Waals surface area contributed by atoms with Gasteiger partial charge in [0.1, 0.15) is 0 Å². The molecule has 0 saturated carbocycles. The van der Waals surface area contributed by atoms with Crippen LogP contribution in [0.2, 0.25) is 0 Å². The number of carbonyl (C=O) groups is 4. The van der Waals surface area contributed by atoms with Gasteiger partial charge < -0.3 is 10.1 Å². The van der Waals surface area contributed by atoms with Gasteiger partial charge in [-0.1, -0.05) is 34.1 Å². The van der Waals surface area contributed by atoms with Crippen molar-refractivity contribution in [2.45, 2.75) is 12.8 Å². The number of imide groups is 1. The van der Waals surface area contributed by atoms with E-state index in [4.69, 9.17) is 4.74 Å². The van der Waals surface area contributed by atoms with Crippen LogP contribution in [0.25, 0.3) is 0 Å². The van der Waals surface area contributed by atoms with Crippen molar-refractivity contribution in [2.75, 3.05) is 13.2 Å². The number of hydrogen-bond donors (Lipinski definition) is 2. The molecular weight excluding hydrogens is 380 g/mol. The average molecular weight is 397 g/mol. The number of rotatable bonds is 8. The highest BCUT2D eigenvalue weighted by Crippen LogP contribution is 2.12. The second kappa shape index (κ2) is 10.3. The van der Waals surface area contributed by atoms with Gasteiger partial charge in [-0.05, 0) is 12.1 Å². The normalized spacial score (nSPS) is 9.71. The van der Waals surface area contributed by atoms with Gasteiger partial charge in [-0.3, -0.25) is 19.7 Å². The molecule has 0 aliphatic rings. The van der Waals surface area contributed by atoms with Crippen LogP contribution in [0, 0.1) is 0 Å². The van der Waals surface area contributed by atoms with E-state index in [0.717, 1.165) is 4.47 Å². The maximum Gasteiger partial charge on any atom is 0.321 e. The third-order valence-corrected chi connectivity index (χ3v) is 3.28. The molecule has 0 spiro atoms. The molecule has 0 aliphatic carbocycles. The monoisotopic (exact) mass is 396 g/mol. The highest BCUT2D eigenvalue weighted by atomic mass is 79.9. The van der Waals surface area contributed by atoms with Gasteiger partial charge in [-0.25, -0.2) is 4.79 Å². The Morgan fingerprint density at radius 2 is 1.79 bits per heavy atom. The molecule has 0 radical (unpaired) electrons. The summed E-state index contributed by atoms with van der Waals surface area (Å²) in [6.07, 6.45) is 1.28. The van der Waals surface area contributed by atoms with Gasteiger partial charge in [0.2, 0.25) is 0 Å². The summed E-state index contributed by atoms with van der Waals surface area (Å²) in [5.74, 6) is -1.65. The fourth-order valence-electron chi connectivity index (χ4n) is 1.59. The largest absolute Gasteiger partial charge is 0.456 e. The number of Topliss-reactive ketones (excluding diaryl/α,β-unsaturated/α-hetero) is 1. The van der Waals surface area contributed by atoms with Gasteiger partial charge in [0.25, 0.3) is 5.91 Å². The topological polar surface area (TPSA) is 102 Å². The lowest BCUT2D eigenvalue weighted by Gasteiger charge is -2.06. The molecule has 1 rings (SSSR count). The third-order valence-electron chi connectivity index (χ3n) is 2.75. The summed E-state index contributed by atoms with van der Waals surface area (Å²) in [6.45, 7) is 3.02. The SMILES string of the molecule is C=CCNC(=O)NC(=O)COC(=O)CCC(=O)c1ccc(Br)cc1. The molecule has 2 N–H and O–H groups in total. The zero-order chi connectivity index (χ0) is 17.9. The second-order valence-electron chi connectivity index (χ2n) is 4.64. The van der Waals surface area contributed by atoms with Crippen molar-refractivity contribution in [1.82, 2.24) is 10.6 Å². The summed E-state index contributed by atoms with van der Waals surface area (Å²) in [4.78, 5) is 45.9. The van der Waals surface area contributed by atoms with E-state index >= 15 is 0 Å². The number of benzene rings is 1. The minimum atomic E-state index is -0.760. The van der Waals surface area contributed by atoms with E-state index in [1.165, 1.54) is 6.08 Å². The Kier molecular flexibility index (Phi) is 8.42. The molecule has 3 amide bonds. The molecule has 0 bridgehead atoms. The lowest BCUT2D eigenvalue weighted by atomic mass is 10.1. The molecule has 0 atom stereocenters. The highest BCUT2D eigenvalue weighted by Gasteiger charge is 2.13. The van der Waals surface area contributed by atoms with E-state index in [-0.39, 0.29) is 25.2 Å². The van der Waals surface area contributed by atoms with Crippen molar-refractivity contribution < 1.29 is 23.9 Å². The number of amides is 3. The van der Waals surface area contributed by atoms with Crippen LogP contribution in [0.4, 0.5) is 4.79 Å². The number of halogens is 1. The molecule has 0 aromatic heterocycles. The molecule has 0 fully saturated rings. The summed E-state index contributed by atoms with van der Waals surface area (Å²) >= 11 is 3.26. The smallest absolute Gasteiger partial charge is 0.321 e. The van der Waals surface area contributed by atoms with Gasteiger partial charge in [0, 0.05) is 23.0 Å². The van der Waals surface area contributed by atoms with Crippen LogP contribution < -0.4 is 10.6 Å². The summed E-state index contributed by atoms with van der Waals surface area (Å²) in [5, 5.41) is 4.32. The lowest BCUT2D eigenvalue weighted by molar-refractivity contribution is -0.148. The molecule has 8 heteroatoms. The van der Waals surface area contributed by atoms with Crippen molar-refractivity contribution in [3.63, 3.8) is 0 Å². The Labute approximate surface area is 147 Å². The van der Waals surface area contributed by atoms with Gasteiger partial charge in [-0.15, -0.1) is 6.58 Å². The van der Waals surface area contributed by atoms with E-state index in [1.807, 2.05) is 5.32 Å². The molecule has 128 valence electrons. The number of urea groups is 1. The first-order valence-electron chi connectivity index (χ1n) is 7.05. The van der Waals surface area contributed by atoms with Crippen molar-refractivity contribution in [2.24, 2.45) is 0 Å². The number of ketones is 1. The van der Waals surface area contributed by atoms with Crippen LogP contribution in [-0.2, 0) is 14.3 Å². The van der Waals surface area contributed by atoms with Gasteiger partial charge >= 0.3 is 12.0 Å². The number of carbonyl (C=O) groups excluding carboxylic acids is 4. The quantitative estimate of drug-likeness (QED) is 0.397. The predicted molar refractivity (Wildman–Crippen MR) is 90.4 cm³/mol. The molecular formula is C16H17BrN2O5. The van der Waals surface area contributed by atoms with E-state index in [2.05, 4.69) is 27.8 Å². The van der Waals surface area contributed by atoms with Crippen LogP contribution >= 0.6 is 15.9 Å². The number of hydrogen-bond acceptors (Lipinski definition) is 5. The summed E-state index contributed by atoms with van der Waals surface area (Å²) < 4.78 is 5.55. The minimum Gasteiger partial charge on any atom is -0.456 e. The molecule has 0 saturated heterocycles. The standard InChI is InChI=1S/C16H17BrN2O5/c1-2-9-18-16(23)19-14(21)10-24-15(22)8-7-13(20)11-3-5-12(17)6-4-11/h2-6H,1,7-10H2,(H2,18,19,21,23). The van der Waals surface area contributed by atoms with Gasteiger partial charge in [-0.2, -0.15) is 0 Å². The molecule has 1 aromatic carbocycles. The van der Waals surface area contributed by atoms with E-state index in [1.54, 1.807) is 24.3 Å². The van der Waals surface area contributed by atoms with Crippen LogP contribution in [0.1, 0.15) is 23.2 Å². The van der Waals surface area contributed by atoms with Gasteiger partial charge in [0.15, 0.2) is 12.4 Å². The summed E-state index contributed by atoms with van der Waals surface area (Å²) in [6, 6.07) is 6.04. The predicted octanol–water partition coefficient (Wildman–Crippen LogP) is 1.97. The second-order valence-corrected chi connectivity index (χ2v) is 5.55. The Morgan fingerprint density at radius 3 is 2.42 bits per heavy atom. The van der Waals surface area contributed by atoms with Crippen molar-refractivity contribution in [1.29, 1.82) is 0 Å². The number of ether oxygens (including phenoxy) is 1. The van der Waals surface area contributed by atoms with Crippen molar-refractivity contribution in [3.05, 3.63) is 47.0 Å². The minimum absolute atomic E-state index is 0.0259. The highest BCUT2D eigenvalue weighted by molar-refractivity contribution is 9.10. The van der Waals surface area contributed by atoms with E-state index < -0.39 is 24.5 Å². The Bertz CT molecular complexity index is 628. The first kappa shape index (κ1) is 19.6. The Balaban J connectivity index is 2.27. The fraction of sp³-hybridized carbons (Fsp3) is 0.250. The number of esters is 1. The average Bonchev–Trinajstić information content (AvgIpc) is 2.56. The zero-order valence-corrected chi connectivity index (χ0v) is 14.4. The fourth-order valence-corrected chi connectivity index (χ4v) is 1.85. The van der Waals surface area contributed by atoms with E-state index in [9.17, 15) is 19.2 Å². The third kappa shape index (κ3) is 7.68. The lowest BCUT2D eigenvalue weighted by Crippen LogP contribution is -2.41. The molecule has 0 unspecified atom stereocenters.